The molecule has 0 spiro atoms. The summed E-state index contributed by atoms with van der Waals surface area (Å²) < 4.78 is 82.3. The lowest BCUT2D eigenvalue weighted by Crippen LogP contribution is -2.33. The van der Waals surface area contributed by atoms with Crippen LogP contribution >= 0.6 is 0 Å². The van der Waals surface area contributed by atoms with Crippen molar-refractivity contribution in [3.8, 4) is 22.5 Å². The lowest BCUT2D eigenvalue weighted by molar-refractivity contribution is -0.596. The Morgan fingerprint density at radius 1 is 0.500 bits per heavy atom. The van der Waals surface area contributed by atoms with Gasteiger partial charge in [-0.1, -0.05) is 57.2 Å². The summed E-state index contributed by atoms with van der Waals surface area (Å²) in [5.74, 6) is 0. The third-order valence-electron chi connectivity index (χ3n) is 5.04. The van der Waals surface area contributed by atoms with Crippen molar-refractivity contribution in [1.82, 2.24) is 0 Å². The Morgan fingerprint density at radius 3 is 1.29 bits per heavy atom. The van der Waals surface area contributed by atoms with Crippen molar-refractivity contribution in [3.63, 3.8) is 0 Å². The lowest BCUT2D eigenvalue weighted by Gasteiger charge is -2.19. The molecule has 4 aromatic rings. The second-order valence-corrected chi connectivity index (χ2v) is 9.08. The molecule has 2 nitrogen and oxygen atoms in total. The van der Waals surface area contributed by atoms with Crippen molar-refractivity contribution in [3.05, 3.63) is 109 Å². The number of hydrogen-bond donors (Lipinski definition) is 0. The van der Waals surface area contributed by atoms with Gasteiger partial charge in [-0.25, -0.2) is 0 Å². The molecule has 0 N–H and O–H groups in total. The molecule has 0 radical (unpaired) electrons. The minimum atomic E-state index is -6.00. The molecule has 0 atom stereocenters. The Hall–Kier alpha value is -3.69. The first-order valence-electron chi connectivity index (χ1n) is 11.5. The van der Waals surface area contributed by atoms with Crippen molar-refractivity contribution >= 4 is 14.5 Å². The van der Waals surface area contributed by atoms with Crippen molar-refractivity contribution in [2.45, 2.75) is 26.2 Å². The molecule has 2 aromatic heterocycles. The summed E-state index contributed by atoms with van der Waals surface area (Å²) in [7, 11) is -12.0. The highest BCUT2D eigenvalue weighted by atomic mass is 19.5. The van der Waals surface area contributed by atoms with Gasteiger partial charge in [-0.3, -0.25) is 0 Å². The topological polar surface area (TPSA) is 7.76 Å². The fourth-order valence-electron chi connectivity index (χ4n) is 3.50. The van der Waals surface area contributed by atoms with Crippen LogP contribution in [0.1, 0.15) is 26.3 Å². The van der Waals surface area contributed by atoms with Gasteiger partial charge in [-0.15, -0.1) is 0 Å². The summed E-state index contributed by atoms with van der Waals surface area (Å²) in [4.78, 5) is 0. The molecule has 0 bridgehead atoms. The summed E-state index contributed by atoms with van der Waals surface area (Å²) in [5, 5.41) is 0. The van der Waals surface area contributed by atoms with Crippen LogP contribution in [0.4, 0.5) is 34.5 Å². The van der Waals surface area contributed by atoms with Crippen molar-refractivity contribution in [1.29, 1.82) is 0 Å². The van der Waals surface area contributed by atoms with E-state index in [-0.39, 0.29) is 5.41 Å². The van der Waals surface area contributed by atoms with Gasteiger partial charge in [-0.05, 0) is 16.5 Å². The fraction of sp³-hybridized carbons (Fsp3) is 0.154. The second-order valence-electron chi connectivity index (χ2n) is 9.08. The average Bonchev–Trinajstić information content (AvgIpc) is 2.82. The molecule has 0 unspecified atom stereocenters. The van der Waals surface area contributed by atoms with Crippen LogP contribution in [0.25, 0.3) is 22.5 Å². The van der Waals surface area contributed by atoms with E-state index in [9.17, 15) is 34.5 Å². The molecule has 0 aliphatic carbocycles. The zero-order valence-corrected chi connectivity index (χ0v) is 20.9. The average molecular weight is 540 g/mol. The van der Waals surface area contributed by atoms with Gasteiger partial charge in [0.1, 0.15) is 0 Å². The third kappa shape index (κ3) is 11.1. The molecule has 0 amide bonds. The zero-order valence-electron chi connectivity index (χ0n) is 20.9. The van der Waals surface area contributed by atoms with E-state index < -0.39 is 14.5 Å². The first-order chi connectivity index (χ1) is 17.5. The van der Waals surface area contributed by atoms with Crippen LogP contribution in [-0.2, 0) is 5.41 Å². The van der Waals surface area contributed by atoms with Gasteiger partial charge < -0.3 is 34.5 Å². The summed E-state index contributed by atoms with van der Waals surface area (Å²) >= 11 is 0. The predicted octanol–water partition coefficient (Wildman–Crippen LogP) is 7.80. The van der Waals surface area contributed by atoms with Crippen LogP contribution in [-0.4, -0.2) is 14.5 Å². The van der Waals surface area contributed by atoms with E-state index in [1.54, 1.807) is 0 Å². The molecular weight excluding hydrogens is 514 g/mol. The van der Waals surface area contributed by atoms with E-state index in [0.29, 0.717) is 0 Å². The molecule has 0 fully saturated rings. The zero-order chi connectivity index (χ0) is 28.6. The largest absolute Gasteiger partial charge is 0.673 e. The molecule has 2 heterocycles. The maximum atomic E-state index is 9.75. The highest BCUT2D eigenvalue weighted by Gasteiger charge is 2.23. The Labute approximate surface area is 216 Å². The van der Waals surface area contributed by atoms with Crippen LogP contribution in [0, 0.1) is 0 Å². The van der Waals surface area contributed by atoms with Crippen molar-refractivity contribution < 1.29 is 43.7 Å². The first kappa shape index (κ1) is 30.5. The summed E-state index contributed by atoms with van der Waals surface area (Å²) in [6.07, 6.45) is 8.53. The minimum Gasteiger partial charge on any atom is -0.418 e. The van der Waals surface area contributed by atoms with E-state index in [1.165, 1.54) is 28.1 Å². The number of nitrogens with zero attached hydrogens (tertiary/aromatic N) is 2. The van der Waals surface area contributed by atoms with E-state index in [2.05, 4.69) is 127 Å². The maximum Gasteiger partial charge on any atom is 0.673 e. The third-order valence-corrected chi connectivity index (χ3v) is 5.04. The first-order valence-corrected chi connectivity index (χ1v) is 11.5. The molecule has 0 saturated carbocycles. The second kappa shape index (κ2) is 12.7. The fourth-order valence-corrected chi connectivity index (χ4v) is 3.50. The summed E-state index contributed by atoms with van der Waals surface area (Å²) in [6.45, 7) is 6.77. The summed E-state index contributed by atoms with van der Waals surface area (Å²) in [6, 6.07) is 27.7. The highest BCUT2D eigenvalue weighted by molar-refractivity contribution is 6.50. The molecule has 0 aliphatic rings. The van der Waals surface area contributed by atoms with Crippen LogP contribution in [0.2, 0.25) is 0 Å². The van der Waals surface area contributed by atoms with Crippen molar-refractivity contribution in [2.75, 3.05) is 0 Å². The monoisotopic (exact) mass is 540 g/mol. The Kier molecular flexibility index (Phi) is 10.2. The Bertz CT molecular complexity index is 1250. The van der Waals surface area contributed by atoms with Gasteiger partial charge in [0.2, 0.25) is 11.4 Å². The quantitative estimate of drug-likeness (QED) is 0.142. The Balaban J connectivity index is 0.000000435. The highest BCUT2D eigenvalue weighted by Crippen LogP contribution is 2.26. The van der Waals surface area contributed by atoms with Gasteiger partial charge in [0, 0.05) is 48.0 Å². The normalized spacial score (nSPS) is 11.6. The van der Waals surface area contributed by atoms with Gasteiger partial charge >= 0.3 is 14.5 Å². The molecule has 202 valence electrons. The molecule has 38 heavy (non-hydrogen) atoms. The van der Waals surface area contributed by atoms with Crippen LogP contribution in [0.3, 0.4) is 0 Å². The maximum absolute atomic E-state index is 9.75. The predicted molar refractivity (Wildman–Crippen MR) is 134 cm³/mol. The molecule has 12 heteroatoms. The number of halogens is 8. The molecule has 0 aliphatic heterocycles. The minimum absolute atomic E-state index is 0.104. The molecular formula is C26H26B2F8N2. The van der Waals surface area contributed by atoms with Crippen LogP contribution in [0.15, 0.2) is 104 Å². The van der Waals surface area contributed by atoms with Crippen LogP contribution < -0.4 is 9.13 Å². The van der Waals surface area contributed by atoms with Crippen LogP contribution in [0.5, 0.6) is 0 Å². The molecule has 0 saturated heterocycles. The van der Waals surface area contributed by atoms with Gasteiger partial charge in [0.25, 0.3) is 0 Å². The molecule has 4 rings (SSSR count). The number of para-hydroxylation sites is 2. The van der Waals surface area contributed by atoms with E-state index in [0.717, 1.165) is 0 Å². The summed E-state index contributed by atoms with van der Waals surface area (Å²) in [5.41, 5.74) is 6.27. The Morgan fingerprint density at radius 2 is 0.868 bits per heavy atom. The van der Waals surface area contributed by atoms with Gasteiger partial charge in [-0.2, -0.15) is 9.13 Å². The SMILES string of the molecule is CC(C)(C)c1ccccc1-[n+]1ccc(-c2cc[n+](-c3ccccc3)cc2)cc1.F[B-](F)(F)F.F[B-](F)(F)F. The number of pyridine rings is 2. The van der Waals surface area contributed by atoms with Crippen molar-refractivity contribution in [2.24, 2.45) is 0 Å². The number of hydrogen-bond acceptors (Lipinski definition) is 0. The number of benzene rings is 2. The number of aromatic nitrogens is 2. The van der Waals surface area contributed by atoms with Gasteiger partial charge in [0.05, 0.1) is 0 Å². The van der Waals surface area contributed by atoms with E-state index in [4.69, 9.17) is 0 Å². The molecule has 2 aromatic carbocycles. The number of rotatable bonds is 3. The lowest BCUT2D eigenvalue weighted by atomic mass is 9.85. The van der Waals surface area contributed by atoms with E-state index in [1.807, 2.05) is 6.07 Å². The van der Waals surface area contributed by atoms with E-state index >= 15 is 0 Å². The van der Waals surface area contributed by atoms with Gasteiger partial charge in [0.15, 0.2) is 24.8 Å². The smallest absolute Gasteiger partial charge is 0.418 e. The standard InChI is InChI=1S/C26H26N2.2BF4/c1-26(2,3)24-11-7-8-12-25(24)28-19-15-22(16-20-28)21-13-17-27(18-14-21)23-9-5-4-6-10-23;2*2-1(3,4)5/h4-20H,1-3H3;;/q+2;2*-1.